The number of hydrogen-bond donors (Lipinski definition) is 1. The molecule has 1 aromatic heterocycles. The number of hydrogen-bond acceptors (Lipinski definition) is 5. The van der Waals surface area contributed by atoms with Gasteiger partial charge in [0.15, 0.2) is 6.61 Å². The first-order chi connectivity index (χ1) is 11.8. The summed E-state index contributed by atoms with van der Waals surface area (Å²) in [6.45, 7) is 0.243. The summed E-state index contributed by atoms with van der Waals surface area (Å²) < 4.78 is 11.2. The van der Waals surface area contributed by atoms with E-state index in [4.69, 9.17) is 9.15 Å². The molecule has 24 heavy (non-hydrogen) atoms. The van der Waals surface area contributed by atoms with E-state index in [2.05, 4.69) is 15.5 Å². The molecule has 2 saturated carbocycles. The van der Waals surface area contributed by atoms with Crippen molar-refractivity contribution in [1.82, 2.24) is 15.5 Å². The van der Waals surface area contributed by atoms with Crippen LogP contribution in [0, 0.1) is 0 Å². The molecule has 0 aliphatic heterocycles. The average molecular weight is 327 g/mol. The summed E-state index contributed by atoms with van der Waals surface area (Å²) in [5.74, 6) is 2.31. The van der Waals surface area contributed by atoms with Crippen LogP contribution in [0.1, 0.15) is 66.6 Å². The van der Waals surface area contributed by atoms with Crippen molar-refractivity contribution in [1.29, 1.82) is 0 Å². The largest absolute Gasteiger partial charge is 0.484 e. The van der Waals surface area contributed by atoms with Crippen LogP contribution in [0.15, 0.2) is 28.7 Å². The molecule has 1 heterocycles. The van der Waals surface area contributed by atoms with Gasteiger partial charge in [-0.1, -0.05) is 12.8 Å². The summed E-state index contributed by atoms with van der Waals surface area (Å²) in [5.41, 5.74) is 0.656. The highest BCUT2D eigenvalue weighted by molar-refractivity contribution is 5.94. The molecule has 0 radical (unpaired) electrons. The first kappa shape index (κ1) is 15.2. The SMILES string of the molecule is O=C(NC1CCCC1)c1ccc(OCc2nnc(C3CC3)o2)cc1. The maximum atomic E-state index is 12.2. The Morgan fingerprint density at radius 2 is 1.88 bits per heavy atom. The number of ether oxygens (including phenoxy) is 1. The van der Waals surface area contributed by atoms with Crippen molar-refractivity contribution in [3.8, 4) is 5.75 Å². The van der Waals surface area contributed by atoms with Gasteiger partial charge in [0.1, 0.15) is 5.75 Å². The summed E-state index contributed by atoms with van der Waals surface area (Å²) in [4.78, 5) is 12.2. The van der Waals surface area contributed by atoms with Crippen LogP contribution in [-0.2, 0) is 6.61 Å². The molecule has 2 aromatic rings. The summed E-state index contributed by atoms with van der Waals surface area (Å²) in [6.07, 6.45) is 6.84. The van der Waals surface area contributed by atoms with Gasteiger partial charge in [-0.05, 0) is 49.9 Å². The molecule has 0 atom stereocenters. The Balaban J connectivity index is 1.30. The van der Waals surface area contributed by atoms with Crippen molar-refractivity contribution in [2.75, 3.05) is 0 Å². The van der Waals surface area contributed by atoms with Crippen molar-refractivity contribution < 1.29 is 13.9 Å². The minimum Gasteiger partial charge on any atom is -0.484 e. The number of nitrogens with one attached hydrogen (secondary N) is 1. The fraction of sp³-hybridized carbons (Fsp3) is 0.500. The van der Waals surface area contributed by atoms with Gasteiger partial charge in [-0.15, -0.1) is 10.2 Å². The Hall–Kier alpha value is -2.37. The predicted octanol–water partition coefficient (Wildman–Crippen LogP) is 3.20. The molecule has 1 aromatic carbocycles. The summed E-state index contributed by atoms with van der Waals surface area (Å²) in [7, 11) is 0. The summed E-state index contributed by atoms with van der Waals surface area (Å²) in [5, 5.41) is 11.1. The monoisotopic (exact) mass is 327 g/mol. The van der Waals surface area contributed by atoms with Crippen LogP contribution >= 0.6 is 0 Å². The number of carbonyl (C=O) groups is 1. The van der Waals surface area contributed by atoms with Gasteiger partial charge in [-0.25, -0.2) is 0 Å². The highest BCUT2D eigenvalue weighted by Crippen LogP contribution is 2.39. The molecule has 4 rings (SSSR count). The third-order valence-electron chi connectivity index (χ3n) is 4.58. The predicted molar refractivity (Wildman–Crippen MR) is 86.8 cm³/mol. The van der Waals surface area contributed by atoms with E-state index in [1.165, 1.54) is 12.8 Å². The average Bonchev–Trinajstić information content (AvgIpc) is 3.13. The molecule has 2 aliphatic carbocycles. The molecule has 0 bridgehead atoms. The van der Waals surface area contributed by atoms with Crippen LogP contribution in [0.4, 0.5) is 0 Å². The molecule has 0 saturated heterocycles. The quantitative estimate of drug-likeness (QED) is 0.881. The zero-order chi connectivity index (χ0) is 16.4. The Morgan fingerprint density at radius 3 is 2.58 bits per heavy atom. The number of aromatic nitrogens is 2. The first-order valence-electron chi connectivity index (χ1n) is 8.64. The van der Waals surface area contributed by atoms with Crippen LogP contribution in [-0.4, -0.2) is 22.1 Å². The van der Waals surface area contributed by atoms with E-state index in [-0.39, 0.29) is 12.5 Å². The van der Waals surface area contributed by atoms with Crippen molar-refractivity contribution in [2.45, 2.75) is 57.1 Å². The van der Waals surface area contributed by atoms with Gasteiger partial charge in [-0.2, -0.15) is 0 Å². The third-order valence-corrected chi connectivity index (χ3v) is 4.58. The van der Waals surface area contributed by atoms with Gasteiger partial charge in [0.25, 0.3) is 11.8 Å². The van der Waals surface area contributed by atoms with Gasteiger partial charge >= 0.3 is 0 Å². The zero-order valence-electron chi connectivity index (χ0n) is 13.5. The lowest BCUT2D eigenvalue weighted by molar-refractivity contribution is 0.0938. The smallest absolute Gasteiger partial charge is 0.253 e. The van der Waals surface area contributed by atoms with E-state index < -0.39 is 0 Å². The van der Waals surface area contributed by atoms with E-state index in [0.717, 1.165) is 25.7 Å². The molecule has 2 aliphatic rings. The van der Waals surface area contributed by atoms with Gasteiger partial charge in [-0.3, -0.25) is 4.79 Å². The normalized spacial score (nSPS) is 17.8. The molecule has 6 nitrogen and oxygen atoms in total. The molecule has 1 N–H and O–H groups in total. The number of carbonyl (C=O) groups excluding carboxylic acids is 1. The zero-order valence-corrected chi connectivity index (χ0v) is 13.5. The van der Waals surface area contributed by atoms with Crippen molar-refractivity contribution in [3.63, 3.8) is 0 Å². The fourth-order valence-electron chi connectivity index (χ4n) is 3.01. The van der Waals surface area contributed by atoms with Gasteiger partial charge in [0.2, 0.25) is 5.89 Å². The molecule has 6 heteroatoms. The van der Waals surface area contributed by atoms with Crippen LogP contribution in [0.25, 0.3) is 0 Å². The first-order valence-corrected chi connectivity index (χ1v) is 8.64. The highest BCUT2D eigenvalue weighted by Gasteiger charge is 2.29. The van der Waals surface area contributed by atoms with Crippen LogP contribution < -0.4 is 10.1 Å². The van der Waals surface area contributed by atoms with Gasteiger partial charge < -0.3 is 14.5 Å². The fourth-order valence-corrected chi connectivity index (χ4v) is 3.01. The summed E-state index contributed by atoms with van der Waals surface area (Å²) >= 11 is 0. The standard InChI is InChI=1S/C18H21N3O3/c22-17(19-14-3-1-2-4-14)12-7-9-15(10-8-12)23-11-16-20-21-18(24-16)13-5-6-13/h7-10,13-14H,1-6,11H2,(H,19,22). The number of amides is 1. The second-order valence-electron chi connectivity index (χ2n) is 6.58. The molecule has 0 spiro atoms. The van der Waals surface area contributed by atoms with Gasteiger partial charge in [0.05, 0.1) is 0 Å². The van der Waals surface area contributed by atoms with E-state index in [0.29, 0.717) is 35.1 Å². The van der Waals surface area contributed by atoms with Crippen LogP contribution in [0.2, 0.25) is 0 Å². The van der Waals surface area contributed by atoms with Crippen molar-refractivity contribution >= 4 is 5.91 Å². The number of benzene rings is 1. The molecular weight excluding hydrogens is 306 g/mol. The molecule has 0 unspecified atom stereocenters. The number of rotatable bonds is 6. The third kappa shape index (κ3) is 3.58. The van der Waals surface area contributed by atoms with E-state index in [1.807, 2.05) is 0 Å². The minimum absolute atomic E-state index is 0.0144. The highest BCUT2D eigenvalue weighted by atomic mass is 16.5. The number of nitrogens with zero attached hydrogens (tertiary/aromatic N) is 2. The maximum absolute atomic E-state index is 12.2. The van der Waals surface area contributed by atoms with Crippen LogP contribution in [0.3, 0.4) is 0 Å². The molecule has 1 amide bonds. The van der Waals surface area contributed by atoms with Crippen molar-refractivity contribution in [3.05, 3.63) is 41.6 Å². The Bertz CT molecular complexity index is 701. The maximum Gasteiger partial charge on any atom is 0.253 e. The topological polar surface area (TPSA) is 77.2 Å². The van der Waals surface area contributed by atoms with E-state index in [1.54, 1.807) is 24.3 Å². The molecule has 126 valence electrons. The lowest BCUT2D eigenvalue weighted by Gasteiger charge is -2.12. The Labute approximate surface area is 140 Å². The Morgan fingerprint density at radius 1 is 1.12 bits per heavy atom. The molecular formula is C18H21N3O3. The van der Waals surface area contributed by atoms with Crippen LogP contribution in [0.5, 0.6) is 5.75 Å². The lowest BCUT2D eigenvalue weighted by Crippen LogP contribution is -2.32. The van der Waals surface area contributed by atoms with E-state index in [9.17, 15) is 4.79 Å². The lowest BCUT2D eigenvalue weighted by atomic mass is 10.1. The van der Waals surface area contributed by atoms with Gasteiger partial charge in [0, 0.05) is 17.5 Å². The molecule has 2 fully saturated rings. The Kier molecular flexibility index (Phi) is 4.19. The minimum atomic E-state index is -0.0144. The summed E-state index contributed by atoms with van der Waals surface area (Å²) in [6, 6.07) is 7.47. The van der Waals surface area contributed by atoms with E-state index >= 15 is 0 Å². The second kappa shape index (κ2) is 6.63. The van der Waals surface area contributed by atoms with Crippen molar-refractivity contribution in [2.24, 2.45) is 0 Å². The second-order valence-corrected chi connectivity index (χ2v) is 6.58.